The van der Waals surface area contributed by atoms with Crippen molar-refractivity contribution in [2.45, 2.75) is 193 Å². The molecule has 7 aromatic rings. The van der Waals surface area contributed by atoms with Crippen molar-refractivity contribution < 1.29 is 0 Å². The lowest BCUT2D eigenvalue weighted by atomic mass is 9.33. The summed E-state index contributed by atoms with van der Waals surface area (Å²) < 4.78 is 2.72. The molecule has 71 heavy (non-hydrogen) atoms. The SMILES string of the molecule is Cc1cc(C(C)(C)C)cc(C)c1N1c2cc3sc4ccccc4c3cc2B2c3cc(C(C)(C)C)cc4c3N(c3cc(N5c6ccc(C(C)(C)C)cc6C6(C)CCCCC56C)cc1c32)C1(C)CCCCC41C. The molecule has 6 aromatic carbocycles. The summed E-state index contributed by atoms with van der Waals surface area (Å²) in [5.41, 5.74) is 24.2. The molecule has 0 spiro atoms. The van der Waals surface area contributed by atoms with Gasteiger partial charge in [-0.05, 0) is 161 Å². The number of rotatable bonds is 2. The van der Waals surface area contributed by atoms with Crippen molar-refractivity contribution in [3.63, 3.8) is 0 Å². The average Bonchev–Trinajstić information content (AvgIpc) is 3.84. The van der Waals surface area contributed by atoms with Crippen molar-refractivity contribution in [1.82, 2.24) is 0 Å². The molecular formula is C66H76BN3S. The van der Waals surface area contributed by atoms with E-state index in [0.29, 0.717) is 0 Å². The number of nitrogens with zero attached hydrogens (tertiary/aromatic N) is 3. The standard InChI is InChI=1S/C66H76BN3S/c1-39-30-42(61(6,7)8)31-40(2)58(39)68-52-38-56-46(45-22-16-17-23-55(45)71-56)37-49(52)67-50-34-43(62(9,10)11)33-48-59(50)70(66(15)29-21-19-27-64(48,66)13)54-36-44(35-53(68)57(54)67)69-51-25-24-41(60(3,4)5)32-47(51)63(12)26-18-20-28-65(63,69)14/h16-17,22-25,30-38H,18-21,26-29H2,1-15H3. The van der Waals surface area contributed by atoms with Crippen LogP contribution in [0.1, 0.15) is 180 Å². The molecule has 0 bridgehead atoms. The quantitative estimate of drug-likeness (QED) is 0.160. The Kier molecular flexibility index (Phi) is 9.29. The highest BCUT2D eigenvalue weighted by molar-refractivity contribution is 7.26. The molecule has 4 atom stereocenters. The Hall–Kier alpha value is -5.00. The van der Waals surface area contributed by atoms with Crippen LogP contribution < -0.4 is 31.1 Å². The minimum absolute atomic E-state index is 0.00348. The van der Waals surface area contributed by atoms with Crippen molar-refractivity contribution in [3.8, 4) is 0 Å². The average molecular weight is 954 g/mol. The third kappa shape index (κ3) is 5.91. The first kappa shape index (κ1) is 45.8. The van der Waals surface area contributed by atoms with E-state index < -0.39 is 0 Å². The number of hydrogen-bond donors (Lipinski definition) is 0. The summed E-state index contributed by atoms with van der Waals surface area (Å²) in [6.45, 7) is 37.0. The van der Waals surface area contributed by atoms with Gasteiger partial charge < -0.3 is 14.7 Å². The Morgan fingerprint density at radius 1 is 0.479 bits per heavy atom. The fourth-order valence-electron chi connectivity index (χ4n) is 15.7. The van der Waals surface area contributed by atoms with E-state index in [1.54, 1.807) is 11.1 Å². The first-order valence-corrected chi connectivity index (χ1v) is 28.2. The van der Waals surface area contributed by atoms with Crippen LogP contribution in [0.4, 0.5) is 39.8 Å². The molecule has 3 nitrogen and oxygen atoms in total. The van der Waals surface area contributed by atoms with Gasteiger partial charge in [0.25, 0.3) is 6.71 Å². The summed E-state index contributed by atoms with van der Waals surface area (Å²) in [6.07, 6.45) is 9.82. The minimum Gasteiger partial charge on any atom is -0.335 e. The third-order valence-corrected chi connectivity index (χ3v) is 21.3. The van der Waals surface area contributed by atoms with Crippen LogP contribution in [0, 0.1) is 13.8 Å². The van der Waals surface area contributed by atoms with Crippen LogP contribution in [0.25, 0.3) is 20.2 Å². The van der Waals surface area contributed by atoms with Crippen molar-refractivity contribution in [1.29, 1.82) is 0 Å². The predicted octanol–water partition coefficient (Wildman–Crippen LogP) is 16.7. The molecule has 4 unspecified atom stereocenters. The normalized spacial score (nSPS) is 25.3. The van der Waals surface area contributed by atoms with E-state index in [0.717, 1.165) is 0 Å². The topological polar surface area (TPSA) is 9.72 Å². The van der Waals surface area contributed by atoms with E-state index in [9.17, 15) is 0 Å². The Bertz CT molecular complexity index is 3440. The van der Waals surface area contributed by atoms with Crippen LogP contribution in [-0.2, 0) is 27.1 Å². The van der Waals surface area contributed by atoms with Crippen LogP contribution in [0.15, 0.2) is 91.0 Å². The highest BCUT2D eigenvalue weighted by Gasteiger charge is 2.63. The zero-order chi connectivity index (χ0) is 49.9. The molecule has 0 radical (unpaired) electrons. The van der Waals surface area contributed by atoms with Gasteiger partial charge in [0.2, 0.25) is 0 Å². The Balaban J connectivity index is 1.20. The molecule has 4 aliphatic heterocycles. The fraction of sp³-hybridized carbons (Fsp3) is 0.455. The second-order valence-electron chi connectivity index (χ2n) is 27.4. The second kappa shape index (κ2) is 14.4. The molecule has 6 aliphatic rings. The molecule has 0 amide bonds. The van der Waals surface area contributed by atoms with Crippen molar-refractivity contribution >= 4 is 94.4 Å². The first-order chi connectivity index (χ1) is 33.4. The van der Waals surface area contributed by atoms with E-state index in [2.05, 4.69) is 210 Å². The lowest BCUT2D eigenvalue weighted by Gasteiger charge is -2.54. The number of thiophene rings is 1. The van der Waals surface area contributed by atoms with Crippen molar-refractivity contribution in [3.05, 3.63) is 130 Å². The summed E-state index contributed by atoms with van der Waals surface area (Å²) in [4.78, 5) is 8.66. The molecule has 5 heterocycles. The third-order valence-electron chi connectivity index (χ3n) is 20.2. The summed E-state index contributed by atoms with van der Waals surface area (Å²) in [5, 5.41) is 2.75. The van der Waals surface area contributed by atoms with Gasteiger partial charge >= 0.3 is 0 Å². The van der Waals surface area contributed by atoms with E-state index >= 15 is 0 Å². The number of hydrogen-bond acceptors (Lipinski definition) is 4. The lowest BCUT2D eigenvalue weighted by Crippen LogP contribution is -2.64. The summed E-state index contributed by atoms with van der Waals surface area (Å²) in [7, 11) is 0. The van der Waals surface area contributed by atoms with E-state index in [1.165, 1.54) is 156 Å². The number of fused-ring (bicyclic) bond motifs is 13. The fourth-order valence-corrected chi connectivity index (χ4v) is 16.8. The van der Waals surface area contributed by atoms with Gasteiger partial charge in [0.05, 0.1) is 16.8 Å². The van der Waals surface area contributed by atoms with Gasteiger partial charge in [0, 0.05) is 59.7 Å². The molecule has 0 N–H and O–H groups in total. The molecule has 0 saturated heterocycles. The van der Waals surface area contributed by atoms with Gasteiger partial charge in [-0.15, -0.1) is 11.3 Å². The molecule has 2 saturated carbocycles. The van der Waals surface area contributed by atoms with Crippen LogP contribution in [-0.4, -0.2) is 17.8 Å². The summed E-state index contributed by atoms with van der Waals surface area (Å²) in [5.74, 6) is 0. The molecule has 2 fully saturated rings. The van der Waals surface area contributed by atoms with E-state index in [4.69, 9.17) is 0 Å². The van der Waals surface area contributed by atoms with Gasteiger partial charge in [-0.25, -0.2) is 0 Å². The lowest BCUT2D eigenvalue weighted by molar-refractivity contribution is 0.194. The van der Waals surface area contributed by atoms with Crippen LogP contribution in [0.2, 0.25) is 0 Å². The van der Waals surface area contributed by atoms with Crippen LogP contribution >= 0.6 is 11.3 Å². The molecule has 13 rings (SSSR count). The Labute approximate surface area is 430 Å². The van der Waals surface area contributed by atoms with Gasteiger partial charge in [0.1, 0.15) is 0 Å². The monoisotopic (exact) mass is 954 g/mol. The Morgan fingerprint density at radius 2 is 1.06 bits per heavy atom. The molecular weight excluding hydrogens is 878 g/mol. The van der Waals surface area contributed by atoms with Crippen LogP contribution in [0.5, 0.6) is 0 Å². The highest BCUT2D eigenvalue weighted by atomic mass is 32.1. The largest absolute Gasteiger partial charge is 0.335 e. The number of aryl methyl sites for hydroxylation is 2. The minimum atomic E-state index is -0.0983. The summed E-state index contributed by atoms with van der Waals surface area (Å²) >= 11 is 1.96. The van der Waals surface area contributed by atoms with Crippen molar-refractivity contribution in [2.24, 2.45) is 0 Å². The number of benzene rings is 6. The van der Waals surface area contributed by atoms with Crippen molar-refractivity contribution in [2.75, 3.05) is 14.7 Å². The zero-order valence-electron chi connectivity index (χ0n) is 45.6. The smallest absolute Gasteiger partial charge is 0.252 e. The van der Waals surface area contributed by atoms with Gasteiger partial charge in [-0.3, -0.25) is 0 Å². The highest BCUT2D eigenvalue weighted by Crippen LogP contribution is 2.65. The zero-order valence-corrected chi connectivity index (χ0v) is 46.5. The molecule has 5 heteroatoms. The second-order valence-corrected chi connectivity index (χ2v) is 28.5. The van der Waals surface area contributed by atoms with Gasteiger partial charge in [-0.1, -0.05) is 163 Å². The van der Waals surface area contributed by atoms with Gasteiger partial charge in [-0.2, -0.15) is 0 Å². The predicted molar refractivity (Wildman–Crippen MR) is 310 cm³/mol. The maximum atomic E-state index is 2.98. The molecule has 1 aromatic heterocycles. The summed E-state index contributed by atoms with van der Waals surface area (Å²) in [6, 6.07) is 37.8. The first-order valence-electron chi connectivity index (χ1n) is 27.4. The Morgan fingerprint density at radius 3 is 1.72 bits per heavy atom. The van der Waals surface area contributed by atoms with Crippen LogP contribution in [0.3, 0.4) is 0 Å². The van der Waals surface area contributed by atoms with Gasteiger partial charge in [0.15, 0.2) is 0 Å². The van der Waals surface area contributed by atoms with E-state index in [1.807, 2.05) is 11.3 Å². The maximum absolute atomic E-state index is 2.98. The molecule has 2 aliphatic carbocycles. The maximum Gasteiger partial charge on any atom is 0.252 e. The molecule has 364 valence electrons. The number of anilines is 7. The van der Waals surface area contributed by atoms with E-state index in [-0.39, 0.29) is 44.9 Å².